The molecular formula is C23H26ClNO5S2. The van der Waals surface area contributed by atoms with Gasteiger partial charge in [0.05, 0.1) is 17.9 Å². The Morgan fingerprint density at radius 3 is 2.69 bits per heavy atom. The molecule has 2 atom stereocenters. The molecule has 0 spiro atoms. The molecule has 1 N–H and O–H groups in total. The van der Waals surface area contributed by atoms with Crippen molar-refractivity contribution in [2.24, 2.45) is 5.92 Å². The second kappa shape index (κ2) is 11.2. The first-order valence-electron chi connectivity index (χ1n) is 10.5. The van der Waals surface area contributed by atoms with Crippen molar-refractivity contribution in [2.45, 2.75) is 51.0 Å². The number of rotatable bonds is 8. The Balaban J connectivity index is 1.63. The summed E-state index contributed by atoms with van der Waals surface area (Å²) >= 11 is 8.57. The van der Waals surface area contributed by atoms with Crippen LogP contribution in [0.25, 0.3) is 0 Å². The smallest absolute Gasteiger partial charge is 0.341 e. The Labute approximate surface area is 201 Å². The molecule has 9 heteroatoms. The minimum atomic E-state index is -0.999. The third-order valence-corrected chi connectivity index (χ3v) is 7.48. The maximum Gasteiger partial charge on any atom is 0.341 e. The van der Waals surface area contributed by atoms with Crippen LogP contribution < -0.4 is 5.32 Å². The van der Waals surface area contributed by atoms with Gasteiger partial charge >= 0.3 is 11.9 Å². The number of hydrogen-bond acceptors (Lipinski definition) is 7. The number of thioether (sulfide) groups is 1. The molecule has 172 valence electrons. The average Bonchev–Trinajstić information content (AvgIpc) is 3.10. The fraction of sp³-hybridized carbons (Fsp3) is 0.435. The molecule has 0 bridgehead atoms. The summed E-state index contributed by atoms with van der Waals surface area (Å²) in [7, 11) is 0. The van der Waals surface area contributed by atoms with Gasteiger partial charge in [-0.2, -0.15) is 0 Å². The number of benzene rings is 1. The standard InChI is InChI=1S/C23H26ClNO5S2/c1-4-29-23(28)20-17-10-5-13(2)11-18(17)32-22(20)25-21(27)14(3)30-19(26)12-31-16-8-6-15(24)7-9-16/h6-9,13-14H,4-5,10-12H2,1-3H3,(H,25,27). The first-order chi connectivity index (χ1) is 15.3. The Morgan fingerprint density at radius 1 is 1.28 bits per heavy atom. The topological polar surface area (TPSA) is 81.7 Å². The van der Waals surface area contributed by atoms with Gasteiger partial charge in [0, 0.05) is 14.8 Å². The van der Waals surface area contributed by atoms with Crippen molar-refractivity contribution in [1.29, 1.82) is 0 Å². The Hall–Kier alpha value is -2.03. The fourth-order valence-electron chi connectivity index (χ4n) is 3.43. The summed E-state index contributed by atoms with van der Waals surface area (Å²) in [6, 6.07) is 7.11. The van der Waals surface area contributed by atoms with Gasteiger partial charge in [-0.25, -0.2) is 4.79 Å². The second-order valence-corrected chi connectivity index (χ2v) is 10.2. The van der Waals surface area contributed by atoms with Crippen LogP contribution in [0.3, 0.4) is 0 Å². The van der Waals surface area contributed by atoms with Crippen LogP contribution in [0.2, 0.25) is 5.02 Å². The molecule has 1 aromatic carbocycles. The SMILES string of the molecule is CCOC(=O)c1c(NC(=O)C(C)OC(=O)CSc2ccc(Cl)cc2)sc2c1CCC(C)C2. The molecule has 1 aliphatic rings. The van der Waals surface area contributed by atoms with E-state index in [1.807, 2.05) is 12.1 Å². The number of carbonyl (C=O) groups is 3. The molecule has 2 aromatic rings. The molecule has 6 nitrogen and oxygen atoms in total. The van der Waals surface area contributed by atoms with Crippen LogP contribution in [0.1, 0.15) is 48.0 Å². The molecular weight excluding hydrogens is 470 g/mol. The lowest BCUT2D eigenvalue weighted by molar-refractivity contribution is -0.150. The number of hydrogen-bond donors (Lipinski definition) is 1. The third kappa shape index (κ3) is 6.27. The van der Waals surface area contributed by atoms with Gasteiger partial charge in [0.2, 0.25) is 0 Å². The summed E-state index contributed by atoms with van der Waals surface area (Å²) in [4.78, 5) is 39.5. The molecule has 1 aliphatic carbocycles. The maximum absolute atomic E-state index is 12.7. The highest BCUT2D eigenvalue weighted by Crippen LogP contribution is 2.40. The number of carbonyl (C=O) groups excluding carboxylic acids is 3. The predicted molar refractivity (Wildman–Crippen MR) is 128 cm³/mol. The predicted octanol–water partition coefficient (Wildman–Crippen LogP) is 5.37. The molecule has 3 rings (SSSR count). The quantitative estimate of drug-likeness (QED) is 0.392. The van der Waals surface area contributed by atoms with Gasteiger partial charge in [-0.05, 0) is 68.9 Å². The van der Waals surface area contributed by atoms with E-state index in [9.17, 15) is 14.4 Å². The molecule has 2 unspecified atom stereocenters. The molecule has 0 radical (unpaired) electrons. The molecule has 0 saturated carbocycles. The van der Waals surface area contributed by atoms with Gasteiger partial charge < -0.3 is 14.8 Å². The highest BCUT2D eigenvalue weighted by atomic mass is 35.5. The second-order valence-electron chi connectivity index (χ2n) is 7.64. The van der Waals surface area contributed by atoms with Crippen LogP contribution in [0.4, 0.5) is 5.00 Å². The zero-order valence-corrected chi connectivity index (χ0v) is 20.6. The highest BCUT2D eigenvalue weighted by Gasteiger charge is 2.30. The van der Waals surface area contributed by atoms with Gasteiger partial charge in [-0.3, -0.25) is 9.59 Å². The van der Waals surface area contributed by atoms with Crippen LogP contribution in [-0.2, 0) is 31.9 Å². The molecule has 1 heterocycles. The number of thiophene rings is 1. The zero-order chi connectivity index (χ0) is 23.3. The number of halogens is 1. The van der Waals surface area contributed by atoms with Crippen molar-refractivity contribution < 1.29 is 23.9 Å². The van der Waals surface area contributed by atoms with Crippen LogP contribution in [0.5, 0.6) is 0 Å². The molecule has 1 aromatic heterocycles. The monoisotopic (exact) mass is 495 g/mol. The molecule has 0 fully saturated rings. The molecule has 0 saturated heterocycles. The number of ether oxygens (including phenoxy) is 2. The fourth-order valence-corrected chi connectivity index (χ4v) is 5.64. The zero-order valence-electron chi connectivity index (χ0n) is 18.2. The molecule has 0 aliphatic heterocycles. The Kier molecular flexibility index (Phi) is 8.62. The minimum absolute atomic E-state index is 0.0680. The van der Waals surface area contributed by atoms with Crippen LogP contribution in [0, 0.1) is 5.92 Å². The number of fused-ring (bicyclic) bond motifs is 1. The first kappa shape index (κ1) is 24.6. The van der Waals surface area contributed by atoms with Crippen molar-refractivity contribution in [3.63, 3.8) is 0 Å². The Morgan fingerprint density at radius 2 is 2.00 bits per heavy atom. The van der Waals surface area contributed by atoms with Crippen molar-refractivity contribution in [3.05, 3.63) is 45.3 Å². The summed E-state index contributed by atoms with van der Waals surface area (Å²) < 4.78 is 10.5. The highest BCUT2D eigenvalue weighted by molar-refractivity contribution is 8.00. The first-order valence-corrected chi connectivity index (χ1v) is 12.7. The van der Waals surface area contributed by atoms with Crippen LogP contribution in [-0.4, -0.2) is 36.3 Å². The van der Waals surface area contributed by atoms with Crippen LogP contribution >= 0.6 is 34.7 Å². The van der Waals surface area contributed by atoms with E-state index in [1.54, 1.807) is 19.1 Å². The number of amides is 1. The van der Waals surface area contributed by atoms with Crippen molar-refractivity contribution in [2.75, 3.05) is 17.7 Å². The normalized spacial score (nSPS) is 16.1. The largest absolute Gasteiger partial charge is 0.462 e. The number of anilines is 1. The van der Waals surface area contributed by atoms with E-state index in [1.165, 1.54) is 30.0 Å². The van der Waals surface area contributed by atoms with Crippen molar-refractivity contribution >= 4 is 57.5 Å². The summed E-state index contributed by atoms with van der Waals surface area (Å²) in [6.07, 6.45) is 1.64. The minimum Gasteiger partial charge on any atom is -0.462 e. The molecule has 32 heavy (non-hydrogen) atoms. The van der Waals surface area contributed by atoms with E-state index in [4.69, 9.17) is 21.1 Å². The van der Waals surface area contributed by atoms with E-state index in [0.717, 1.165) is 34.6 Å². The third-order valence-electron chi connectivity index (χ3n) is 5.08. The van der Waals surface area contributed by atoms with E-state index < -0.39 is 23.9 Å². The van der Waals surface area contributed by atoms with Crippen LogP contribution in [0.15, 0.2) is 29.2 Å². The van der Waals surface area contributed by atoms with Gasteiger partial charge in [0.25, 0.3) is 5.91 Å². The lowest BCUT2D eigenvalue weighted by atomic mass is 9.88. The van der Waals surface area contributed by atoms with Gasteiger partial charge in [-0.15, -0.1) is 23.1 Å². The van der Waals surface area contributed by atoms with Gasteiger partial charge in [0.1, 0.15) is 5.00 Å². The number of nitrogens with one attached hydrogen (secondary N) is 1. The summed E-state index contributed by atoms with van der Waals surface area (Å²) in [5.41, 5.74) is 1.40. The van der Waals surface area contributed by atoms with E-state index in [2.05, 4.69) is 12.2 Å². The van der Waals surface area contributed by atoms with Gasteiger partial charge in [-0.1, -0.05) is 18.5 Å². The van der Waals surface area contributed by atoms with E-state index in [-0.39, 0.29) is 12.4 Å². The Bertz CT molecular complexity index is 989. The lowest BCUT2D eigenvalue weighted by Gasteiger charge is -2.18. The molecule has 1 amide bonds. The van der Waals surface area contributed by atoms with Gasteiger partial charge in [0.15, 0.2) is 6.10 Å². The summed E-state index contributed by atoms with van der Waals surface area (Å²) in [6.45, 7) is 5.70. The summed E-state index contributed by atoms with van der Waals surface area (Å²) in [5, 5.41) is 3.87. The van der Waals surface area contributed by atoms with E-state index in [0.29, 0.717) is 21.5 Å². The maximum atomic E-state index is 12.7. The van der Waals surface area contributed by atoms with E-state index >= 15 is 0 Å². The average molecular weight is 496 g/mol. The van der Waals surface area contributed by atoms with Crippen molar-refractivity contribution in [1.82, 2.24) is 0 Å². The lowest BCUT2D eigenvalue weighted by Crippen LogP contribution is -2.30. The summed E-state index contributed by atoms with van der Waals surface area (Å²) in [5.74, 6) is -0.820. The van der Waals surface area contributed by atoms with Crippen molar-refractivity contribution in [3.8, 4) is 0 Å². The number of esters is 2.